The van der Waals surface area contributed by atoms with E-state index in [1.54, 1.807) is 6.07 Å². The van der Waals surface area contributed by atoms with E-state index >= 15 is 0 Å². The number of phenolic OH excluding ortho intramolecular Hbond substituents is 1. The first-order valence-electron chi connectivity index (χ1n) is 5.67. The third kappa shape index (κ3) is 2.51. The summed E-state index contributed by atoms with van der Waals surface area (Å²) in [6, 6.07) is 7.58. The zero-order chi connectivity index (χ0) is 10.9. The van der Waals surface area contributed by atoms with Gasteiger partial charge in [0.1, 0.15) is 5.75 Å². The summed E-state index contributed by atoms with van der Waals surface area (Å²) in [5.41, 5.74) is 7.22. The van der Waals surface area contributed by atoms with E-state index in [9.17, 15) is 5.11 Å². The van der Waals surface area contributed by atoms with Gasteiger partial charge in [0.2, 0.25) is 0 Å². The predicted octanol–water partition coefficient (Wildman–Crippen LogP) is 2.77. The molecule has 0 spiro atoms. The van der Waals surface area contributed by atoms with Crippen LogP contribution in [0.1, 0.15) is 44.1 Å². The van der Waals surface area contributed by atoms with Crippen molar-refractivity contribution in [3.8, 4) is 5.75 Å². The molecule has 82 valence electrons. The van der Waals surface area contributed by atoms with Gasteiger partial charge in [0, 0.05) is 5.54 Å². The van der Waals surface area contributed by atoms with E-state index in [1.807, 2.05) is 18.2 Å². The summed E-state index contributed by atoms with van der Waals surface area (Å²) in [5, 5.41) is 9.69. The molecule has 0 radical (unpaired) electrons. The molecule has 1 aliphatic carbocycles. The maximum atomic E-state index is 9.69. The van der Waals surface area contributed by atoms with E-state index in [0.717, 1.165) is 18.4 Å². The van der Waals surface area contributed by atoms with Gasteiger partial charge in [-0.3, -0.25) is 0 Å². The van der Waals surface area contributed by atoms with Crippen molar-refractivity contribution in [2.24, 2.45) is 5.73 Å². The van der Waals surface area contributed by atoms with Crippen LogP contribution in [-0.2, 0) is 0 Å². The highest BCUT2D eigenvalue weighted by molar-refractivity contribution is 5.34. The summed E-state index contributed by atoms with van der Waals surface area (Å²) in [6.07, 6.45) is 4.47. The number of nitrogens with two attached hydrogens (primary N) is 1. The highest BCUT2D eigenvalue weighted by atomic mass is 16.3. The van der Waals surface area contributed by atoms with Crippen molar-refractivity contribution in [2.75, 3.05) is 0 Å². The van der Waals surface area contributed by atoms with E-state index in [0.29, 0.717) is 11.7 Å². The molecule has 0 heterocycles. The summed E-state index contributed by atoms with van der Waals surface area (Å²) in [4.78, 5) is 0. The average molecular weight is 205 g/mol. The zero-order valence-electron chi connectivity index (χ0n) is 9.24. The van der Waals surface area contributed by atoms with Crippen molar-refractivity contribution < 1.29 is 5.11 Å². The fraction of sp³-hybridized carbons (Fsp3) is 0.538. The summed E-state index contributed by atoms with van der Waals surface area (Å²) in [7, 11) is 0. The third-order valence-electron chi connectivity index (χ3n) is 3.44. The second-order valence-electron chi connectivity index (χ2n) is 4.86. The van der Waals surface area contributed by atoms with Gasteiger partial charge in [-0.2, -0.15) is 0 Å². The number of hydrogen-bond acceptors (Lipinski definition) is 2. The minimum absolute atomic E-state index is 0.124. The molecule has 0 bridgehead atoms. The average Bonchev–Trinajstić information content (AvgIpc) is 2.95. The van der Waals surface area contributed by atoms with E-state index < -0.39 is 0 Å². The number of benzene rings is 1. The van der Waals surface area contributed by atoms with Crippen LogP contribution in [-0.4, -0.2) is 10.6 Å². The van der Waals surface area contributed by atoms with Crippen LogP contribution in [0.2, 0.25) is 0 Å². The van der Waals surface area contributed by atoms with Crippen LogP contribution in [0.4, 0.5) is 0 Å². The van der Waals surface area contributed by atoms with E-state index in [4.69, 9.17) is 5.73 Å². The Balaban J connectivity index is 1.95. The molecule has 3 N–H and O–H groups in total. The molecular formula is C13H19NO. The van der Waals surface area contributed by atoms with Gasteiger partial charge in [-0.25, -0.2) is 0 Å². The molecule has 2 rings (SSSR count). The van der Waals surface area contributed by atoms with Gasteiger partial charge in [0.25, 0.3) is 0 Å². The number of rotatable bonds is 4. The molecule has 1 aliphatic rings. The first-order chi connectivity index (χ1) is 7.11. The molecule has 0 amide bonds. The summed E-state index contributed by atoms with van der Waals surface area (Å²) < 4.78 is 0. The molecule has 0 aliphatic heterocycles. The second-order valence-corrected chi connectivity index (χ2v) is 4.86. The lowest BCUT2D eigenvalue weighted by molar-refractivity contribution is 0.454. The topological polar surface area (TPSA) is 46.2 Å². The van der Waals surface area contributed by atoms with Crippen LogP contribution < -0.4 is 5.73 Å². The lowest BCUT2D eigenvalue weighted by Gasteiger charge is -2.15. The fourth-order valence-corrected chi connectivity index (χ4v) is 1.97. The second kappa shape index (κ2) is 3.86. The Labute approximate surface area is 91.1 Å². The lowest BCUT2D eigenvalue weighted by Crippen LogP contribution is -2.21. The molecule has 1 fully saturated rings. The van der Waals surface area contributed by atoms with Gasteiger partial charge in [0.05, 0.1) is 0 Å². The number of aromatic hydroxyl groups is 1. The molecular weight excluding hydrogens is 186 g/mol. The van der Waals surface area contributed by atoms with Gasteiger partial charge >= 0.3 is 0 Å². The minimum atomic E-state index is 0.124. The molecule has 0 saturated heterocycles. The monoisotopic (exact) mass is 205 g/mol. The van der Waals surface area contributed by atoms with E-state index in [-0.39, 0.29) is 5.54 Å². The van der Waals surface area contributed by atoms with Crippen molar-refractivity contribution in [3.05, 3.63) is 29.8 Å². The summed E-state index contributed by atoms with van der Waals surface area (Å²) >= 11 is 0. The predicted molar refractivity (Wildman–Crippen MR) is 61.9 cm³/mol. The number of para-hydroxylation sites is 1. The molecule has 1 aromatic rings. The molecule has 1 aromatic carbocycles. The Bertz CT molecular complexity index is 344. The molecule has 1 saturated carbocycles. The van der Waals surface area contributed by atoms with Crippen molar-refractivity contribution in [1.82, 2.24) is 0 Å². The maximum Gasteiger partial charge on any atom is 0.119 e. The Morgan fingerprint density at radius 2 is 2.07 bits per heavy atom. The first-order valence-corrected chi connectivity index (χ1v) is 5.67. The van der Waals surface area contributed by atoms with Crippen LogP contribution in [0.5, 0.6) is 5.75 Å². The van der Waals surface area contributed by atoms with Crippen molar-refractivity contribution in [2.45, 2.75) is 44.1 Å². The van der Waals surface area contributed by atoms with Gasteiger partial charge in [-0.05, 0) is 43.2 Å². The third-order valence-corrected chi connectivity index (χ3v) is 3.44. The lowest BCUT2D eigenvalue weighted by atomic mass is 9.93. The van der Waals surface area contributed by atoms with Crippen molar-refractivity contribution in [1.29, 1.82) is 0 Å². The van der Waals surface area contributed by atoms with Crippen molar-refractivity contribution in [3.63, 3.8) is 0 Å². The van der Waals surface area contributed by atoms with E-state index in [2.05, 4.69) is 6.92 Å². The van der Waals surface area contributed by atoms with Crippen LogP contribution in [0.15, 0.2) is 24.3 Å². The van der Waals surface area contributed by atoms with Gasteiger partial charge in [0.15, 0.2) is 0 Å². The Kier molecular flexibility index (Phi) is 2.70. The summed E-state index contributed by atoms with van der Waals surface area (Å²) in [6.45, 7) is 2.15. The Morgan fingerprint density at radius 1 is 1.40 bits per heavy atom. The first kappa shape index (κ1) is 10.5. The largest absolute Gasteiger partial charge is 0.508 e. The fourth-order valence-electron chi connectivity index (χ4n) is 1.97. The maximum absolute atomic E-state index is 9.69. The highest BCUT2D eigenvalue weighted by Gasteiger charge is 2.37. The number of hydrogen-bond donors (Lipinski definition) is 2. The molecule has 15 heavy (non-hydrogen) atoms. The molecule has 2 heteroatoms. The van der Waals surface area contributed by atoms with Crippen LogP contribution in [0.3, 0.4) is 0 Å². The Hall–Kier alpha value is -1.02. The smallest absolute Gasteiger partial charge is 0.119 e. The molecule has 1 unspecified atom stereocenters. The normalized spacial score (nSPS) is 19.9. The van der Waals surface area contributed by atoms with Crippen molar-refractivity contribution >= 4 is 0 Å². The number of phenols is 1. The van der Waals surface area contributed by atoms with E-state index in [1.165, 1.54) is 12.8 Å². The zero-order valence-corrected chi connectivity index (χ0v) is 9.24. The molecule has 2 nitrogen and oxygen atoms in total. The SMILES string of the molecule is CC(CCC1(N)CC1)c1ccccc1O. The van der Waals surface area contributed by atoms with Crippen LogP contribution in [0, 0.1) is 0 Å². The van der Waals surface area contributed by atoms with Gasteiger partial charge < -0.3 is 10.8 Å². The van der Waals surface area contributed by atoms with Gasteiger partial charge in [-0.1, -0.05) is 25.1 Å². The Morgan fingerprint density at radius 3 is 2.67 bits per heavy atom. The van der Waals surface area contributed by atoms with Gasteiger partial charge in [-0.15, -0.1) is 0 Å². The molecule has 1 atom stereocenters. The standard InChI is InChI=1S/C13H19NO/c1-10(6-7-13(14)8-9-13)11-4-2-3-5-12(11)15/h2-5,10,15H,6-9,14H2,1H3. The molecule has 0 aromatic heterocycles. The quantitative estimate of drug-likeness (QED) is 0.794. The highest BCUT2D eigenvalue weighted by Crippen LogP contribution is 2.39. The summed E-state index contributed by atoms with van der Waals surface area (Å²) in [5.74, 6) is 0.805. The minimum Gasteiger partial charge on any atom is -0.508 e. The van der Waals surface area contributed by atoms with Crippen LogP contribution in [0.25, 0.3) is 0 Å². The van der Waals surface area contributed by atoms with Crippen LogP contribution >= 0.6 is 0 Å².